The molecule has 1 aromatic heterocycles. The molecule has 0 spiro atoms. The van der Waals surface area contributed by atoms with Crippen LogP contribution < -0.4 is 14.2 Å². The van der Waals surface area contributed by atoms with Gasteiger partial charge in [0.2, 0.25) is 5.75 Å². The zero-order chi connectivity index (χ0) is 23.4. The summed E-state index contributed by atoms with van der Waals surface area (Å²) in [6.07, 6.45) is 0. The van der Waals surface area contributed by atoms with Crippen molar-refractivity contribution in [2.24, 2.45) is 0 Å². The standard InChI is InChI=1S/C24H28N4O5/c1-16-5-7-17(8-6-16)23-25-21(26-33-23)15-27-9-11-28(12-10-27)24(29)18-13-19(30-2)22(32-4)20(14-18)31-3/h5-8,13-14H,9-12,15H2,1-4H3. The fraction of sp³-hybridized carbons (Fsp3) is 0.375. The van der Waals surface area contributed by atoms with Crippen molar-refractivity contribution in [3.8, 4) is 28.7 Å². The average molecular weight is 453 g/mol. The van der Waals surface area contributed by atoms with Gasteiger partial charge in [0.1, 0.15) is 0 Å². The largest absolute Gasteiger partial charge is 0.493 e. The number of aromatic nitrogens is 2. The maximum absolute atomic E-state index is 13.1. The zero-order valence-electron chi connectivity index (χ0n) is 19.3. The molecule has 0 bridgehead atoms. The van der Waals surface area contributed by atoms with Crippen LogP contribution in [0.25, 0.3) is 11.5 Å². The van der Waals surface area contributed by atoms with E-state index in [1.165, 1.54) is 26.9 Å². The average Bonchev–Trinajstić information content (AvgIpc) is 3.31. The van der Waals surface area contributed by atoms with Crippen LogP contribution in [0, 0.1) is 6.92 Å². The Morgan fingerprint density at radius 2 is 1.61 bits per heavy atom. The third kappa shape index (κ3) is 4.93. The smallest absolute Gasteiger partial charge is 0.257 e. The fourth-order valence-electron chi connectivity index (χ4n) is 3.83. The summed E-state index contributed by atoms with van der Waals surface area (Å²) in [7, 11) is 4.60. The number of amides is 1. The van der Waals surface area contributed by atoms with E-state index in [1.807, 2.05) is 36.1 Å². The Labute approximate surface area is 192 Å². The second-order valence-electron chi connectivity index (χ2n) is 7.86. The molecule has 0 unspecified atom stereocenters. The molecule has 9 nitrogen and oxygen atoms in total. The first-order chi connectivity index (χ1) is 16.0. The highest BCUT2D eigenvalue weighted by atomic mass is 16.5. The summed E-state index contributed by atoms with van der Waals surface area (Å²) in [4.78, 5) is 21.7. The third-order valence-electron chi connectivity index (χ3n) is 5.70. The highest BCUT2D eigenvalue weighted by molar-refractivity contribution is 5.95. The minimum atomic E-state index is -0.0740. The van der Waals surface area contributed by atoms with Crippen molar-refractivity contribution in [3.05, 3.63) is 53.3 Å². The van der Waals surface area contributed by atoms with E-state index in [4.69, 9.17) is 18.7 Å². The molecule has 0 atom stereocenters. The van der Waals surface area contributed by atoms with E-state index in [0.29, 0.717) is 67.3 Å². The maximum atomic E-state index is 13.1. The number of carbonyl (C=O) groups excluding carboxylic acids is 1. The zero-order valence-corrected chi connectivity index (χ0v) is 19.3. The van der Waals surface area contributed by atoms with Crippen LogP contribution in [0.5, 0.6) is 17.2 Å². The number of methoxy groups -OCH3 is 3. The quantitative estimate of drug-likeness (QED) is 0.540. The molecule has 1 aliphatic rings. The highest BCUT2D eigenvalue weighted by Gasteiger charge is 2.25. The lowest BCUT2D eigenvalue weighted by Gasteiger charge is -2.34. The number of piperazine rings is 1. The van der Waals surface area contributed by atoms with Crippen LogP contribution in [0.1, 0.15) is 21.7 Å². The van der Waals surface area contributed by atoms with Gasteiger partial charge in [-0.25, -0.2) is 0 Å². The summed E-state index contributed by atoms with van der Waals surface area (Å²) < 4.78 is 21.5. The summed E-state index contributed by atoms with van der Waals surface area (Å²) >= 11 is 0. The Bertz CT molecular complexity index is 1080. The highest BCUT2D eigenvalue weighted by Crippen LogP contribution is 2.38. The van der Waals surface area contributed by atoms with Gasteiger partial charge >= 0.3 is 0 Å². The van der Waals surface area contributed by atoms with Gasteiger partial charge in [-0.1, -0.05) is 22.9 Å². The maximum Gasteiger partial charge on any atom is 0.257 e. The topological polar surface area (TPSA) is 90.2 Å². The van der Waals surface area contributed by atoms with E-state index in [9.17, 15) is 4.79 Å². The van der Waals surface area contributed by atoms with Crippen LogP contribution >= 0.6 is 0 Å². The molecule has 3 aromatic rings. The van der Waals surface area contributed by atoms with Crippen molar-refractivity contribution in [2.45, 2.75) is 13.5 Å². The Balaban J connectivity index is 1.37. The lowest BCUT2D eigenvalue weighted by atomic mass is 10.1. The second kappa shape index (κ2) is 9.91. The van der Waals surface area contributed by atoms with Crippen molar-refractivity contribution in [3.63, 3.8) is 0 Å². The molecule has 1 amide bonds. The van der Waals surface area contributed by atoms with Gasteiger partial charge < -0.3 is 23.6 Å². The molecule has 174 valence electrons. The molecule has 0 N–H and O–H groups in total. The summed E-state index contributed by atoms with van der Waals surface area (Å²) in [5.74, 6) is 2.46. The summed E-state index contributed by atoms with van der Waals surface area (Å²) in [6.45, 7) is 5.22. The molecular weight excluding hydrogens is 424 g/mol. The lowest BCUT2D eigenvalue weighted by Crippen LogP contribution is -2.48. The molecule has 0 aliphatic carbocycles. The Hall–Kier alpha value is -3.59. The van der Waals surface area contributed by atoms with E-state index < -0.39 is 0 Å². The molecule has 0 saturated carbocycles. The van der Waals surface area contributed by atoms with Gasteiger partial charge in [0.15, 0.2) is 17.3 Å². The van der Waals surface area contributed by atoms with Crippen molar-refractivity contribution in [2.75, 3.05) is 47.5 Å². The van der Waals surface area contributed by atoms with Gasteiger partial charge in [-0.2, -0.15) is 4.98 Å². The minimum absolute atomic E-state index is 0.0740. The van der Waals surface area contributed by atoms with Gasteiger partial charge in [-0.3, -0.25) is 9.69 Å². The number of rotatable bonds is 7. The molecule has 0 radical (unpaired) electrons. The third-order valence-corrected chi connectivity index (χ3v) is 5.70. The predicted octanol–water partition coefficient (Wildman–Crippen LogP) is 3.03. The van der Waals surface area contributed by atoms with Crippen LogP contribution in [0.15, 0.2) is 40.9 Å². The lowest BCUT2D eigenvalue weighted by molar-refractivity contribution is 0.0623. The summed E-state index contributed by atoms with van der Waals surface area (Å²) in [6, 6.07) is 11.3. The van der Waals surface area contributed by atoms with Gasteiger partial charge in [-0.05, 0) is 31.2 Å². The number of nitrogens with zero attached hydrogens (tertiary/aromatic N) is 4. The first-order valence-electron chi connectivity index (χ1n) is 10.7. The van der Waals surface area contributed by atoms with E-state index in [0.717, 1.165) is 5.56 Å². The van der Waals surface area contributed by atoms with E-state index in [-0.39, 0.29) is 5.91 Å². The molecule has 2 heterocycles. The number of aryl methyl sites for hydroxylation is 1. The van der Waals surface area contributed by atoms with Crippen LogP contribution in [0.2, 0.25) is 0 Å². The molecule has 1 saturated heterocycles. The van der Waals surface area contributed by atoms with E-state index >= 15 is 0 Å². The second-order valence-corrected chi connectivity index (χ2v) is 7.86. The molecule has 4 rings (SSSR count). The van der Waals surface area contributed by atoms with Crippen LogP contribution in [0.4, 0.5) is 0 Å². The SMILES string of the molecule is COc1cc(C(=O)N2CCN(Cc3noc(-c4ccc(C)cc4)n3)CC2)cc(OC)c1OC. The van der Waals surface area contributed by atoms with Gasteiger partial charge in [0.25, 0.3) is 11.8 Å². The van der Waals surface area contributed by atoms with Gasteiger partial charge in [-0.15, -0.1) is 0 Å². The summed E-state index contributed by atoms with van der Waals surface area (Å²) in [5.41, 5.74) is 2.58. The van der Waals surface area contributed by atoms with E-state index in [2.05, 4.69) is 15.0 Å². The molecule has 1 aliphatic heterocycles. The summed E-state index contributed by atoms with van der Waals surface area (Å²) in [5, 5.41) is 4.12. The van der Waals surface area contributed by atoms with Crippen LogP contribution in [-0.4, -0.2) is 73.4 Å². The molecule has 9 heteroatoms. The van der Waals surface area contributed by atoms with Crippen molar-refractivity contribution >= 4 is 5.91 Å². The predicted molar refractivity (Wildman–Crippen MR) is 122 cm³/mol. The number of carbonyl (C=O) groups is 1. The first-order valence-corrected chi connectivity index (χ1v) is 10.7. The van der Waals surface area contributed by atoms with Crippen molar-refractivity contribution in [1.29, 1.82) is 0 Å². The Morgan fingerprint density at radius 3 is 2.18 bits per heavy atom. The number of hydrogen-bond acceptors (Lipinski definition) is 8. The van der Waals surface area contributed by atoms with Crippen LogP contribution in [-0.2, 0) is 6.54 Å². The van der Waals surface area contributed by atoms with Gasteiger partial charge in [0.05, 0.1) is 27.9 Å². The normalized spacial score (nSPS) is 14.2. The fourth-order valence-corrected chi connectivity index (χ4v) is 3.83. The molecule has 1 fully saturated rings. The van der Waals surface area contributed by atoms with Crippen molar-refractivity contribution < 1.29 is 23.5 Å². The number of ether oxygens (including phenoxy) is 3. The van der Waals surface area contributed by atoms with E-state index in [1.54, 1.807) is 12.1 Å². The van der Waals surface area contributed by atoms with Gasteiger partial charge in [0, 0.05) is 37.3 Å². The molecular formula is C24H28N4O5. The monoisotopic (exact) mass is 452 g/mol. The van der Waals surface area contributed by atoms with Crippen LogP contribution in [0.3, 0.4) is 0 Å². The molecule has 33 heavy (non-hydrogen) atoms. The Morgan fingerprint density at radius 1 is 0.970 bits per heavy atom. The minimum Gasteiger partial charge on any atom is -0.493 e. The van der Waals surface area contributed by atoms with Crippen molar-refractivity contribution in [1.82, 2.24) is 19.9 Å². The molecule has 2 aromatic carbocycles. The number of hydrogen-bond donors (Lipinski definition) is 0. The first kappa shape index (κ1) is 22.6. The Kier molecular flexibility index (Phi) is 6.79. The number of benzene rings is 2.